The summed E-state index contributed by atoms with van der Waals surface area (Å²) < 4.78 is 0. The minimum Gasteiger partial charge on any atom is -0.341 e. The van der Waals surface area contributed by atoms with Gasteiger partial charge >= 0.3 is 6.03 Å². The van der Waals surface area contributed by atoms with Crippen molar-refractivity contribution in [3.8, 4) is 0 Å². The van der Waals surface area contributed by atoms with Crippen molar-refractivity contribution in [3.63, 3.8) is 0 Å². The van der Waals surface area contributed by atoms with Crippen LogP contribution in [0.5, 0.6) is 0 Å². The number of hydrogen-bond donors (Lipinski definition) is 1. The molecular weight excluding hydrogens is 314 g/mol. The molecule has 1 aromatic rings. The number of carbonyl (C=O) groups excluding carboxylic acids is 2. The van der Waals surface area contributed by atoms with Gasteiger partial charge in [0.1, 0.15) is 5.51 Å². The van der Waals surface area contributed by atoms with E-state index in [9.17, 15) is 9.59 Å². The van der Waals surface area contributed by atoms with E-state index in [1.165, 1.54) is 37.0 Å². The number of hydrogen-bond acceptors (Lipinski definition) is 5. The van der Waals surface area contributed by atoms with Crippen molar-refractivity contribution in [2.45, 2.75) is 38.5 Å². The van der Waals surface area contributed by atoms with Crippen LogP contribution in [-0.2, 0) is 4.79 Å². The van der Waals surface area contributed by atoms with E-state index in [0.717, 1.165) is 13.0 Å². The summed E-state index contributed by atoms with van der Waals surface area (Å²) in [6.07, 6.45) is 6.40. The first-order valence-corrected chi connectivity index (χ1v) is 9.20. The highest BCUT2D eigenvalue weighted by Crippen LogP contribution is 2.28. The van der Waals surface area contributed by atoms with Gasteiger partial charge in [0.25, 0.3) is 0 Å². The van der Waals surface area contributed by atoms with E-state index >= 15 is 0 Å². The highest BCUT2D eigenvalue weighted by atomic mass is 32.1. The minimum atomic E-state index is -0.160. The van der Waals surface area contributed by atoms with Gasteiger partial charge in [-0.1, -0.05) is 24.2 Å². The summed E-state index contributed by atoms with van der Waals surface area (Å²) in [5, 5.41) is 10.8. The van der Waals surface area contributed by atoms with Crippen molar-refractivity contribution < 1.29 is 9.59 Å². The molecule has 0 aromatic carbocycles. The number of amides is 3. The molecule has 7 nitrogen and oxygen atoms in total. The SMILES string of the molecule is O=C(CC1CCCC1)N1CCCN(C(=O)Nc2nncs2)CC1. The van der Waals surface area contributed by atoms with E-state index in [-0.39, 0.29) is 11.9 Å². The molecule has 126 valence electrons. The molecule has 0 unspecified atom stereocenters. The van der Waals surface area contributed by atoms with Gasteiger partial charge in [-0.2, -0.15) is 0 Å². The summed E-state index contributed by atoms with van der Waals surface area (Å²) in [5.41, 5.74) is 1.58. The zero-order valence-corrected chi connectivity index (χ0v) is 14.1. The predicted octanol–water partition coefficient (Wildman–Crippen LogP) is 2.18. The topological polar surface area (TPSA) is 78.4 Å². The van der Waals surface area contributed by atoms with Crippen molar-refractivity contribution in [1.82, 2.24) is 20.0 Å². The van der Waals surface area contributed by atoms with Gasteiger partial charge in [0.05, 0.1) is 0 Å². The van der Waals surface area contributed by atoms with Crippen LogP contribution in [0.3, 0.4) is 0 Å². The Morgan fingerprint density at radius 2 is 1.87 bits per heavy atom. The third-order valence-corrected chi connectivity index (χ3v) is 5.25. The Bertz CT molecular complexity index is 530. The summed E-state index contributed by atoms with van der Waals surface area (Å²) in [6.45, 7) is 2.60. The molecule has 1 aliphatic carbocycles. The van der Waals surface area contributed by atoms with Gasteiger partial charge in [0, 0.05) is 32.6 Å². The lowest BCUT2D eigenvalue weighted by Gasteiger charge is -2.23. The van der Waals surface area contributed by atoms with Gasteiger partial charge < -0.3 is 9.80 Å². The van der Waals surface area contributed by atoms with Crippen LogP contribution in [0.25, 0.3) is 0 Å². The number of carbonyl (C=O) groups is 2. The Kier molecular flexibility index (Phi) is 5.43. The molecule has 1 N–H and O–H groups in total. The molecule has 3 amide bonds. The van der Waals surface area contributed by atoms with Crippen LogP contribution in [0.4, 0.5) is 9.93 Å². The molecular formula is C15H23N5O2S. The molecule has 2 heterocycles. The van der Waals surface area contributed by atoms with Crippen LogP contribution in [-0.4, -0.2) is 58.1 Å². The summed E-state index contributed by atoms with van der Waals surface area (Å²) in [6, 6.07) is -0.160. The van der Waals surface area contributed by atoms with E-state index in [1.807, 2.05) is 4.90 Å². The molecule has 23 heavy (non-hydrogen) atoms. The average molecular weight is 337 g/mol. The second-order valence-corrected chi connectivity index (χ2v) is 7.08. The van der Waals surface area contributed by atoms with Gasteiger partial charge in [-0.15, -0.1) is 10.2 Å². The van der Waals surface area contributed by atoms with E-state index < -0.39 is 0 Å². The summed E-state index contributed by atoms with van der Waals surface area (Å²) in [5.74, 6) is 0.825. The van der Waals surface area contributed by atoms with Crippen molar-refractivity contribution in [2.75, 3.05) is 31.5 Å². The number of rotatable bonds is 3. The second-order valence-electron chi connectivity index (χ2n) is 6.25. The van der Waals surface area contributed by atoms with Gasteiger partial charge in [-0.05, 0) is 25.2 Å². The molecule has 2 fully saturated rings. The molecule has 2 aliphatic rings. The Labute approximate surface area is 140 Å². The Morgan fingerprint density at radius 3 is 2.61 bits per heavy atom. The van der Waals surface area contributed by atoms with Gasteiger partial charge in [-0.25, -0.2) is 4.79 Å². The lowest BCUT2D eigenvalue weighted by molar-refractivity contribution is -0.132. The van der Waals surface area contributed by atoms with Gasteiger partial charge in [-0.3, -0.25) is 10.1 Å². The van der Waals surface area contributed by atoms with Gasteiger partial charge in [0.15, 0.2) is 0 Å². The van der Waals surface area contributed by atoms with Crippen molar-refractivity contribution in [1.29, 1.82) is 0 Å². The van der Waals surface area contributed by atoms with Gasteiger partial charge in [0.2, 0.25) is 11.0 Å². The maximum absolute atomic E-state index is 12.4. The fourth-order valence-corrected chi connectivity index (χ4v) is 3.79. The largest absolute Gasteiger partial charge is 0.341 e. The summed E-state index contributed by atoms with van der Waals surface area (Å²) in [7, 11) is 0. The number of nitrogens with zero attached hydrogens (tertiary/aromatic N) is 4. The van der Waals surface area contributed by atoms with E-state index in [2.05, 4.69) is 15.5 Å². The quantitative estimate of drug-likeness (QED) is 0.917. The monoisotopic (exact) mass is 337 g/mol. The zero-order valence-electron chi connectivity index (χ0n) is 13.2. The summed E-state index contributed by atoms with van der Waals surface area (Å²) in [4.78, 5) is 28.3. The van der Waals surface area contributed by atoms with E-state index in [1.54, 1.807) is 10.4 Å². The highest BCUT2D eigenvalue weighted by Gasteiger charge is 2.25. The van der Waals surface area contributed by atoms with Crippen LogP contribution in [0, 0.1) is 5.92 Å². The number of aromatic nitrogens is 2. The molecule has 1 aliphatic heterocycles. The molecule has 0 bridgehead atoms. The molecule has 1 saturated heterocycles. The van der Waals surface area contributed by atoms with Crippen molar-refractivity contribution in [3.05, 3.63) is 5.51 Å². The summed E-state index contributed by atoms with van der Waals surface area (Å²) >= 11 is 1.30. The molecule has 3 rings (SSSR count). The molecule has 1 aromatic heterocycles. The Morgan fingerprint density at radius 1 is 1.13 bits per heavy atom. The third-order valence-electron chi connectivity index (χ3n) is 4.65. The lowest BCUT2D eigenvalue weighted by atomic mass is 10.0. The normalized spacial score (nSPS) is 19.7. The fraction of sp³-hybridized carbons (Fsp3) is 0.733. The standard InChI is InChI=1S/C15H23N5O2S/c21-13(10-12-4-1-2-5-12)19-6-3-7-20(9-8-19)15(22)17-14-18-16-11-23-14/h11-12H,1-10H2,(H,17,18,22). The molecule has 0 spiro atoms. The van der Waals surface area contributed by atoms with Crippen LogP contribution in [0.1, 0.15) is 38.5 Å². The lowest BCUT2D eigenvalue weighted by Crippen LogP contribution is -2.39. The van der Waals surface area contributed by atoms with Crippen molar-refractivity contribution >= 4 is 28.4 Å². The molecule has 1 saturated carbocycles. The van der Waals surface area contributed by atoms with Crippen LogP contribution in [0.2, 0.25) is 0 Å². The zero-order chi connectivity index (χ0) is 16.1. The Hall–Kier alpha value is -1.70. The van der Waals surface area contributed by atoms with E-state index in [0.29, 0.717) is 37.1 Å². The maximum Gasteiger partial charge on any atom is 0.323 e. The molecule has 8 heteroatoms. The molecule has 0 radical (unpaired) electrons. The minimum absolute atomic E-state index is 0.160. The smallest absolute Gasteiger partial charge is 0.323 e. The number of nitrogens with one attached hydrogen (secondary N) is 1. The second kappa shape index (κ2) is 7.72. The van der Waals surface area contributed by atoms with E-state index in [4.69, 9.17) is 0 Å². The number of anilines is 1. The average Bonchev–Trinajstić information content (AvgIpc) is 3.17. The maximum atomic E-state index is 12.4. The van der Waals surface area contributed by atoms with Crippen LogP contribution < -0.4 is 5.32 Å². The highest BCUT2D eigenvalue weighted by molar-refractivity contribution is 7.13. The number of urea groups is 1. The van der Waals surface area contributed by atoms with Crippen molar-refractivity contribution in [2.24, 2.45) is 5.92 Å². The first-order chi connectivity index (χ1) is 11.2. The van der Waals surface area contributed by atoms with Crippen LogP contribution in [0.15, 0.2) is 5.51 Å². The first-order valence-electron chi connectivity index (χ1n) is 8.32. The first kappa shape index (κ1) is 16.2. The molecule has 0 atom stereocenters. The van der Waals surface area contributed by atoms with Crippen LogP contribution >= 0.6 is 11.3 Å². The third kappa shape index (κ3) is 4.40. The Balaban J connectivity index is 1.48. The predicted molar refractivity (Wildman–Crippen MR) is 88.3 cm³/mol. The fourth-order valence-electron chi connectivity index (χ4n) is 3.36.